The van der Waals surface area contributed by atoms with Crippen LogP contribution in [0, 0.1) is 12.7 Å². The molecule has 0 aliphatic rings. The summed E-state index contributed by atoms with van der Waals surface area (Å²) in [6, 6.07) is 5.15. The third kappa shape index (κ3) is 2.53. The zero-order valence-corrected chi connectivity index (χ0v) is 8.68. The molecule has 78 valence electrons. The van der Waals surface area contributed by atoms with E-state index in [9.17, 15) is 4.39 Å². The summed E-state index contributed by atoms with van der Waals surface area (Å²) in [6.07, 6.45) is 1.82. The highest BCUT2D eigenvalue weighted by molar-refractivity contribution is 5.25. The Morgan fingerprint density at radius 3 is 2.71 bits per heavy atom. The van der Waals surface area contributed by atoms with Crippen LogP contribution in [0.5, 0.6) is 0 Å². The van der Waals surface area contributed by atoms with Gasteiger partial charge < -0.3 is 0 Å². The summed E-state index contributed by atoms with van der Waals surface area (Å²) < 4.78 is 13.5. The fraction of sp³-hybridized carbons (Fsp3) is 0.455. The van der Waals surface area contributed by atoms with Crippen LogP contribution >= 0.6 is 0 Å². The lowest BCUT2D eigenvalue weighted by Gasteiger charge is -2.16. The van der Waals surface area contributed by atoms with Crippen LogP contribution in [0.1, 0.15) is 36.9 Å². The van der Waals surface area contributed by atoms with Gasteiger partial charge in [-0.05, 0) is 25.0 Å². The second-order valence-corrected chi connectivity index (χ2v) is 3.53. The highest BCUT2D eigenvalue weighted by Crippen LogP contribution is 2.21. The van der Waals surface area contributed by atoms with Gasteiger partial charge in [0.05, 0.1) is 0 Å². The van der Waals surface area contributed by atoms with Crippen LogP contribution in [0.2, 0.25) is 0 Å². The Morgan fingerprint density at radius 2 is 2.21 bits per heavy atom. The summed E-state index contributed by atoms with van der Waals surface area (Å²) in [5.41, 5.74) is 4.22. The van der Waals surface area contributed by atoms with Crippen molar-refractivity contribution in [1.29, 1.82) is 0 Å². The molecule has 0 aliphatic heterocycles. The Bertz CT molecular complexity index is 299. The molecule has 0 aromatic heterocycles. The number of halogens is 1. The molecule has 0 amide bonds. The van der Waals surface area contributed by atoms with Gasteiger partial charge >= 0.3 is 0 Å². The Balaban J connectivity index is 2.92. The van der Waals surface area contributed by atoms with E-state index >= 15 is 0 Å². The van der Waals surface area contributed by atoms with Gasteiger partial charge in [-0.15, -0.1) is 0 Å². The van der Waals surface area contributed by atoms with Crippen molar-refractivity contribution in [2.24, 2.45) is 5.84 Å². The van der Waals surface area contributed by atoms with Gasteiger partial charge in [0.1, 0.15) is 5.82 Å². The van der Waals surface area contributed by atoms with Gasteiger partial charge in [0.15, 0.2) is 0 Å². The maximum Gasteiger partial charge on any atom is 0.128 e. The maximum atomic E-state index is 13.5. The van der Waals surface area contributed by atoms with E-state index in [1.54, 1.807) is 6.07 Å². The lowest BCUT2D eigenvalue weighted by Crippen LogP contribution is -2.28. The Morgan fingerprint density at radius 1 is 1.50 bits per heavy atom. The summed E-state index contributed by atoms with van der Waals surface area (Å²) in [5.74, 6) is 5.20. The fourth-order valence-electron chi connectivity index (χ4n) is 1.53. The van der Waals surface area contributed by atoms with Crippen molar-refractivity contribution < 1.29 is 4.39 Å². The number of hydrogen-bond donors (Lipinski definition) is 2. The van der Waals surface area contributed by atoms with Crippen molar-refractivity contribution in [3.63, 3.8) is 0 Å². The fourth-order valence-corrected chi connectivity index (χ4v) is 1.53. The monoisotopic (exact) mass is 196 g/mol. The largest absolute Gasteiger partial charge is 0.271 e. The smallest absolute Gasteiger partial charge is 0.128 e. The molecule has 0 fully saturated rings. The lowest BCUT2D eigenvalue weighted by molar-refractivity contribution is 0.480. The highest BCUT2D eigenvalue weighted by Gasteiger charge is 2.12. The van der Waals surface area contributed by atoms with Gasteiger partial charge in [-0.3, -0.25) is 11.3 Å². The van der Waals surface area contributed by atoms with Crippen molar-refractivity contribution in [2.75, 3.05) is 0 Å². The zero-order chi connectivity index (χ0) is 10.6. The van der Waals surface area contributed by atoms with Crippen molar-refractivity contribution in [3.8, 4) is 0 Å². The third-order valence-electron chi connectivity index (χ3n) is 2.31. The van der Waals surface area contributed by atoms with E-state index < -0.39 is 0 Å². The number of benzene rings is 1. The molecule has 0 spiro atoms. The summed E-state index contributed by atoms with van der Waals surface area (Å²) in [4.78, 5) is 0. The van der Waals surface area contributed by atoms with Crippen LogP contribution in [0.3, 0.4) is 0 Å². The minimum absolute atomic E-state index is 0.0828. The summed E-state index contributed by atoms with van der Waals surface area (Å²) in [6.45, 7) is 3.92. The van der Waals surface area contributed by atoms with E-state index in [0.717, 1.165) is 18.4 Å². The van der Waals surface area contributed by atoms with E-state index in [1.165, 1.54) is 6.07 Å². The quantitative estimate of drug-likeness (QED) is 0.573. The summed E-state index contributed by atoms with van der Waals surface area (Å²) in [5, 5.41) is 0. The first kappa shape index (κ1) is 11.1. The maximum absolute atomic E-state index is 13.5. The van der Waals surface area contributed by atoms with E-state index in [-0.39, 0.29) is 11.9 Å². The topological polar surface area (TPSA) is 38.0 Å². The number of hydrogen-bond acceptors (Lipinski definition) is 2. The van der Waals surface area contributed by atoms with Crippen molar-refractivity contribution >= 4 is 0 Å². The second kappa shape index (κ2) is 5.08. The molecule has 0 heterocycles. The average Bonchev–Trinajstić information content (AvgIpc) is 2.15. The number of rotatable bonds is 4. The average molecular weight is 196 g/mol. The molecular formula is C11H17FN2. The standard InChI is InChI=1S/C11H17FN2/c1-3-4-11(14-13)9-6-5-8(2)7-10(9)12/h5-7,11,14H,3-4,13H2,1-2H3. The van der Waals surface area contributed by atoms with Crippen LogP contribution in [-0.4, -0.2) is 0 Å². The molecule has 14 heavy (non-hydrogen) atoms. The molecule has 0 radical (unpaired) electrons. The third-order valence-corrected chi connectivity index (χ3v) is 2.31. The van der Waals surface area contributed by atoms with Gasteiger partial charge in [-0.25, -0.2) is 4.39 Å². The molecule has 0 bridgehead atoms. The number of nitrogens with one attached hydrogen (secondary N) is 1. The summed E-state index contributed by atoms with van der Waals surface area (Å²) in [7, 11) is 0. The van der Waals surface area contributed by atoms with Crippen LogP contribution in [0.25, 0.3) is 0 Å². The number of nitrogens with two attached hydrogens (primary N) is 1. The van der Waals surface area contributed by atoms with Crippen molar-refractivity contribution in [1.82, 2.24) is 5.43 Å². The Kier molecular flexibility index (Phi) is 4.04. The molecule has 3 heteroatoms. The SMILES string of the molecule is CCCC(NN)c1ccc(C)cc1F. The van der Waals surface area contributed by atoms with Gasteiger partial charge in [-0.2, -0.15) is 0 Å². The highest BCUT2D eigenvalue weighted by atomic mass is 19.1. The first-order valence-corrected chi connectivity index (χ1v) is 4.91. The first-order chi connectivity index (χ1) is 6.69. The zero-order valence-electron chi connectivity index (χ0n) is 8.68. The van der Waals surface area contributed by atoms with Gasteiger partial charge in [0, 0.05) is 11.6 Å². The first-order valence-electron chi connectivity index (χ1n) is 4.91. The molecule has 1 unspecified atom stereocenters. The minimum Gasteiger partial charge on any atom is -0.271 e. The molecule has 1 rings (SSSR count). The molecule has 0 saturated heterocycles. The van der Waals surface area contributed by atoms with Crippen LogP contribution < -0.4 is 11.3 Å². The predicted molar refractivity (Wildman–Crippen MR) is 56.1 cm³/mol. The van der Waals surface area contributed by atoms with Crippen LogP contribution in [-0.2, 0) is 0 Å². The molecule has 0 saturated carbocycles. The Hall–Kier alpha value is -0.930. The molecule has 1 aromatic rings. The second-order valence-electron chi connectivity index (χ2n) is 3.53. The van der Waals surface area contributed by atoms with Crippen molar-refractivity contribution in [3.05, 3.63) is 35.1 Å². The normalized spacial score (nSPS) is 12.9. The molecule has 0 aliphatic carbocycles. The van der Waals surface area contributed by atoms with Gasteiger partial charge in [-0.1, -0.05) is 25.5 Å². The predicted octanol–water partition coefficient (Wildman–Crippen LogP) is 2.44. The lowest BCUT2D eigenvalue weighted by atomic mass is 10.0. The van der Waals surface area contributed by atoms with Crippen LogP contribution in [0.15, 0.2) is 18.2 Å². The number of aryl methyl sites for hydroxylation is 1. The molecule has 2 nitrogen and oxygen atoms in total. The van der Waals surface area contributed by atoms with Gasteiger partial charge in [0.25, 0.3) is 0 Å². The van der Waals surface area contributed by atoms with E-state index in [2.05, 4.69) is 12.3 Å². The van der Waals surface area contributed by atoms with Crippen molar-refractivity contribution in [2.45, 2.75) is 32.7 Å². The van der Waals surface area contributed by atoms with E-state index in [0.29, 0.717) is 5.56 Å². The molecule has 1 atom stereocenters. The molecule has 1 aromatic carbocycles. The van der Waals surface area contributed by atoms with E-state index in [4.69, 9.17) is 5.84 Å². The number of hydrazine groups is 1. The molecular weight excluding hydrogens is 179 g/mol. The van der Waals surface area contributed by atoms with Gasteiger partial charge in [0.2, 0.25) is 0 Å². The van der Waals surface area contributed by atoms with E-state index in [1.807, 2.05) is 13.0 Å². The van der Waals surface area contributed by atoms with Crippen LogP contribution in [0.4, 0.5) is 4.39 Å². The Labute approximate surface area is 84.3 Å². The molecule has 3 N–H and O–H groups in total. The summed E-state index contributed by atoms with van der Waals surface area (Å²) >= 11 is 0. The minimum atomic E-state index is -0.179.